The lowest BCUT2D eigenvalue weighted by molar-refractivity contribution is -0.384. The molecule has 1 amide bonds. The second-order valence-electron chi connectivity index (χ2n) is 5.68. The highest BCUT2D eigenvalue weighted by Crippen LogP contribution is 2.23. The predicted octanol–water partition coefficient (Wildman–Crippen LogP) is 3.63. The summed E-state index contributed by atoms with van der Waals surface area (Å²) in [4.78, 5) is 36.4. The van der Waals surface area contributed by atoms with Gasteiger partial charge in [0.1, 0.15) is 11.1 Å². The summed E-state index contributed by atoms with van der Waals surface area (Å²) in [6.45, 7) is 0.00557. The van der Waals surface area contributed by atoms with Crippen LogP contribution in [-0.4, -0.2) is 22.8 Å². The van der Waals surface area contributed by atoms with Crippen molar-refractivity contribution < 1.29 is 14.1 Å². The van der Waals surface area contributed by atoms with E-state index in [1.807, 2.05) is 0 Å². The molecule has 0 aliphatic heterocycles. The molecule has 0 fully saturated rings. The Kier molecular flexibility index (Phi) is 4.73. The summed E-state index contributed by atoms with van der Waals surface area (Å²) in [5.41, 5.74) is -0.200. The molecule has 0 radical (unpaired) electrons. The number of benzene rings is 2. The molecule has 0 aliphatic rings. The Bertz CT molecular complexity index is 1080. The molecular formula is C18H13ClN2O5. The van der Waals surface area contributed by atoms with Gasteiger partial charge in [0, 0.05) is 36.1 Å². The summed E-state index contributed by atoms with van der Waals surface area (Å²) < 4.78 is 5.17. The fourth-order valence-corrected chi connectivity index (χ4v) is 2.72. The summed E-state index contributed by atoms with van der Waals surface area (Å²) >= 11 is 6.06. The Hall–Kier alpha value is -3.19. The van der Waals surface area contributed by atoms with Crippen molar-refractivity contribution in [3.05, 3.63) is 85.2 Å². The van der Waals surface area contributed by atoms with Gasteiger partial charge in [-0.1, -0.05) is 29.8 Å². The number of para-hydroxylation sites is 1. The monoisotopic (exact) mass is 372 g/mol. The van der Waals surface area contributed by atoms with Gasteiger partial charge in [-0.2, -0.15) is 0 Å². The minimum atomic E-state index is -0.745. The Balaban J connectivity index is 1.91. The van der Waals surface area contributed by atoms with Gasteiger partial charge >= 0.3 is 5.63 Å². The van der Waals surface area contributed by atoms with Gasteiger partial charge < -0.3 is 9.32 Å². The van der Waals surface area contributed by atoms with Crippen molar-refractivity contribution in [3.8, 4) is 0 Å². The lowest BCUT2D eigenvalue weighted by Crippen LogP contribution is -2.30. The highest BCUT2D eigenvalue weighted by Gasteiger charge is 2.20. The van der Waals surface area contributed by atoms with Crippen LogP contribution in [0.4, 0.5) is 5.69 Å². The third kappa shape index (κ3) is 3.43. The van der Waals surface area contributed by atoms with Crippen LogP contribution < -0.4 is 5.63 Å². The molecule has 2 aromatic carbocycles. The molecule has 0 bridgehead atoms. The van der Waals surface area contributed by atoms with Crippen LogP contribution in [0.25, 0.3) is 11.0 Å². The number of hydrogen-bond donors (Lipinski definition) is 0. The van der Waals surface area contributed by atoms with Crippen molar-refractivity contribution in [2.45, 2.75) is 6.54 Å². The largest absolute Gasteiger partial charge is 0.422 e. The first-order valence-corrected chi connectivity index (χ1v) is 7.96. The number of halogens is 1. The molecule has 1 heterocycles. The molecule has 26 heavy (non-hydrogen) atoms. The topological polar surface area (TPSA) is 93.7 Å². The number of fused-ring (bicyclic) bond motifs is 1. The predicted molar refractivity (Wildman–Crippen MR) is 96.4 cm³/mol. The normalized spacial score (nSPS) is 10.7. The van der Waals surface area contributed by atoms with Crippen LogP contribution in [0, 0.1) is 10.1 Å². The van der Waals surface area contributed by atoms with Gasteiger partial charge in [-0.05, 0) is 23.8 Å². The van der Waals surface area contributed by atoms with Crippen LogP contribution in [0.5, 0.6) is 0 Å². The summed E-state index contributed by atoms with van der Waals surface area (Å²) in [5.74, 6) is -0.563. The van der Waals surface area contributed by atoms with E-state index >= 15 is 0 Å². The second kappa shape index (κ2) is 6.97. The zero-order valence-electron chi connectivity index (χ0n) is 13.6. The van der Waals surface area contributed by atoms with E-state index in [-0.39, 0.29) is 17.8 Å². The minimum Gasteiger partial charge on any atom is -0.422 e. The fourth-order valence-electron chi connectivity index (χ4n) is 2.54. The van der Waals surface area contributed by atoms with Crippen LogP contribution >= 0.6 is 11.6 Å². The maximum atomic E-state index is 12.6. The van der Waals surface area contributed by atoms with Gasteiger partial charge in [-0.15, -0.1) is 0 Å². The molecular weight excluding hydrogens is 360 g/mol. The van der Waals surface area contributed by atoms with Crippen LogP contribution in [0.2, 0.25) is 5.02 Å². The number of non-ortho nitro benzene ring substituents is 1. The van der Waals surface area contributed by atoms with E-state index in [2.05, 4.69) is 0 Å². The number of carbonyl (C=O) groups is 1. The van der Waals surface area contributed by atoms with Crippen molar-refractivity contribution in [1.82, 2.24) is 4.90 Å². The summed E-state index contributed by atoms with van der Waals surface area (Å²) in [6.07, 6.45) is 0. The van der Waals surface area contributed by atoms with Crippen molar-refractivity contribution in [3.63, 3.8) is 0 Å². The molecule has 132 valence electrons. The van der Waals surface area contributed by atoms with Crippen molar-refractivity contribution in [2.24, 2.45) is 0 Å². The highest BCUT2D eigenvalue weighted by molar-refractivity contribution is 6.31. The number of nitro groups is 1. The SMILES string of the molecule is CN(Cc1cc([N+](=O)[O-])ccc1Cl)C(=O)c1cc2ccccc2oc1=O. The van der Waals surface area contributed by atoms with E-state index in [1.54, 1.807) is 24.3 Å². The van der Waals surface area contributed by atoms with Crippen LogP contribution in [0.1, 0.15) is 15.9 Å². The van der Waals surface area contributed by atoms with E-state index in [0.29, 0.717) is 21.6 Å². The molecule has 0 saturated heterocycles. The van der Waals surface area contributed by atoms with E-state index in [0.717, 1.165) is 0 Å². The van der Waals surface area contributed by atoms with Gasteiger partial charge in [-0.25, -0.2) is 4.79 Å². The lowest BCUT2D eigenvalue weighted by Gasteiger charge is -2.17. The third-order valence-electron chi connectivity index (χ3n) is 3.87. The van der Waals surface area contributed by atoms with Gasteiger partial charge in [0.05, 0.1) is 4.92 Å². The quantitative estimate of drug-likeness (QED) is 0.396. The van der Waals surface area contributed by atoms with Gasteiger partial charge in [0.25, 0.3) is 11.6 Å². The summed E-state index contributed by atoms with van der Waals surface area (Å²) in [6, 6.07) is 12.3. The van der Waals surface area contributed by atoms with Crippen molar-refractivity contribution in [1.29, 1.82) is 0 Å². The number of nitro benzene ring substituents is 1. The molecule has 0 saturated carbocycles. The lowest BCUT2D eigenvalue weighted by atomic mass is 10.1. The first kappa shape index (κ1) is 17.6. The number of hydrogen-bond acceptors (Lipinski definition) is 5. The van der Waals surface area contributed by atoms with Gasteiger partial charge in [0.2, 0.25) is 0 Å². The molecule has 0 unspecified atom stereocenters. The Morgan fingerprint density at radius 3 is 2.69 bits per heavy atom. The number of amides is 1. The summed E-state index contributed by atoms with van der Waals surface area (Å²) in [5, 5.41) is 11.8. The van der Waals surface area contributed by atoms with E-state index in [1.165, 1.54) is 36.2 Å². The Morgan fingerprint density at radius 2 is 1.96 bits per heavy atom. The highest BCUT2D eigenvalue weighted by atomic mass is 35.5. The van der Waals surface area contributed by atoms with Crippen molar-refractivity contribution in [2.75, 3.05) is 7.05 Å². The standard InChI is InChI=1S/C18H13ClN2O5/c1-20(10-12-8-13(21(24)25)6-7-15(12)19)17(22)14-9-11-4-2-3-5-16(11)26-18(14)23/h2-9H,10H2,1H3. The van der Waals surface area contributed by atoms with Crippen LogP contribution in [-0.2, 0) is 6.54 Å². The molecule has 8 heteroatoms. The third-order valence-corrected chi connectivity index (χ3v) is 4.23. The van der Waals surface area contributed by atoms with E-state index in [4.69, 9.17) is 16.0 Å². The number of rotatable bonds is 4. The molecule has 3 aromatic rings. The second-order valence-corrected chi connectivity index (χ2v) is 6.09. The fraction of sp³-hybridized carbons (Fsp3) is 0.111. The molecule has 0 aliphatic carbocycles. The van der Waals surface area contributed by atoms with E-state index < -0.39 is 16.5 Å². The molecule has 1 aromatic heterocycles. The maximum Gasteiger partial charge on any atom is 0.349 e. The molecule has 3 rings (SSSR count). The zero-order chi connectivity index (χ0) is 18.8. The smallest absolute Gasteiger partial charge is 0.349 e. The first-order valence-electron chi connectivity index (χ1n) is 7.58. The molecule has 0 atom stereocenters. The van der Waals surface area contributed by atoms with Crippen molar-refractivity contribution >= 4 is 34.2 Å². The Morgan fingerprint density at radius 1 is 1.23 bits per heavy atom. The van der Waals surface area contributed by atoms with Gasteiger partial charge in [-0.3, -0.25) is 14.9 Å². The molecule has 0 N–H and O–H groups in total. The Labute approximate surface area is 152 Å². The number of nitrogens with zero attached hydrogens (tertiary/aromatic N) is 2. The average Bonchev–Trinajstić information content (AvgIpc) is 2.62. The van der Waals surface area contributed by atoms with Crippen LogP contribution in [0.3, 0.4) is 0 Å². The molecule has 7 nitrogen and oxygen atoms in total. The maximum absolute atomic E-state index is 12.6. The van der Waals surface area contributed by atoms with Gasteiger partial charge in [0.15, 0.2) is 0 Å². The molecule has 0 spiro atoms. The van der Waals surface area contributed by atoms with E-state index in [9.17, 15) is 19.7 Å². The van der Waals surface area contributed by atoms with Crippen LogP contribution in [0.15, 0.2) is 57.7 Å². The first-order chi connectivity index (χ1) is 12.4. The average molecular weight is 373 g/mol. The summed E-state index contributed by atoms with van der Waals surface area (Å²) in [7, 11) is 1.48. The zero-order valence-corrected chi connectivity index (χ0v) is 14.4. The minimum absolute atomic E-state index is 0.00557. The number of carbonyl (C=O) groups excluding carboxylic acids is 1.